The van der Waals surface area contributed by atoms with Gasteiger partial charge in [-0.2, -0.15) is 0 Å². The van der Waals surface area contributed by atoms with Gasteiger partial charge in [0.1, 0.15) is 0 Å². The highest BCUT2D eigenvalue weighted by atomic mass is 35.5. The Morgan fingerprint density at radius 1 is 1.05 bits per heavy atom. The summed E-state index contributed by atoms with van der Waals surface area (Å²) in [5.41, 5.74) is 2.77. The largest absolute Gasteiger partial charge is 0.204 e. The minimum absolute atomic E-state index is 0.201. The molecule has 0 aromatic heterocycles. The van der Waals surface area contributed by atoms with Crippen LogP contribution in [-0.2, 0) is 12.8 Å². The number of rotatable bonds is 5. The molecule has 0 N–H and O–H groups in total. The van der Waals surface area contributed by atoms with Crippen LogP contribution in [0.1, 0.15) is 23.1 Å². The van der Waals surface area contributed by atoms with Crippen molar-refractivity contribution in [2.75, 3.05) is 0 Å². The molecule has 2 rings (SSSR count). The van der Waals surface area contributed by atoms with Gasteiger partial charge in [0.05, 0.1) is 0 Å². The molecule has 106 valence electrons. The number of aryl methyl sites for hydroxylation is 2. The Balaban J connectivity index is 1.91. The molecular formula is C17H17ClF2. The summed E-state index contributed by atoms with van der Waals surface area (Å²) in [7, 11) is 0. The van der Waals surface area contributed by atoms with Crippen molar-refractivity contribution in [3.8, 4) is 0 Å². The molecule has 1 unspecified atom stereocenters. The van der Waals surface area contributed by atoms with Crippen LogP contribution in [0.4, 0.5) is 8.78 Å². The first kappa shape index (κ1) is 15.0. The second kappa shape index (κ2) is 6.85. The molecule has 0 bridgehead atoms. The van der Waals surface area contributed by atoms with Gasteiger partial charge < -0.3 is 0 Å². The monoisotopic (exact) mass is 294 g/mol. The third-order valence-corrected chi connectivity index (χ3v) is 3.71. The van der Waals surface area contributed by atoms with Gasteiger partial charge in [0.25, 0.3) is 0 Å². The highest BCUT2D eigenvalue weighted by Gasteiger charge is 2.12. The second-order valence-corrected chi connectivity index (χ2v) is 5.66. The third-order valence-electron chi connectivity index (χ3n) is 3.34. The fourth-order valence-electron chi connectivity index (χ4n) is 2.12. The summed E-state index contributed by atoms with van der Waals surface area (Å²) < 4.78 is 26.6. The molecule has 1 atom stereocenters. The van der Waals surface area contributed by atoms with Gasteiger partial charge in [0, 0.05) is 5.38 Å². The van der Waals surface area contributed by atoms with Crippen molar-refractivity contribution < 1.29 is 8.78 Å². The molecule has 3 heteroatoms. The van der Waals surface area contributed by atoms with Gasteiger partial charge >= 0.3 is 0 Å². The van der Waals surface area contributed by atoms with E-state index in [2.05, 4.69) is 24.3 Å². The number of hydrogen-bond donors (Lipinski definition) is 0. The van der Waals surface area contributed by atoms with Crippen molar-refractivity contribution in [2.24, 2.45) is 0 Å². The van der Waals surface area contributed by atoms with Gasteiger partial charge in [-0.25, -0.2) is 8.78 Å². The van der Waals surface area contributed by atoms with Crippen molar-refractivity contribution in [1.29, 1.82) is 0 Å². The Kier molecular flexibility index (Phi) is 5.13. The van der Waals surface area contributed by atoms with E-state index in [1.54, 1.807) is 6.07 Å². The Morgan fingerprint density at radius 3 is 2.45 bits per heavy atom. The van der Waals surface area contributed by atoms with E-state index >= 15 is 0 Å². The SMILES string of the molecule is Cc1ccc(CCC(Cl)Cc2cccc(F)c2F)cc1. The lowest BCUT2D eigenvalue weighted by Gasteiger charge is -2.10. The topological polar surface area (TPSA) is 0 Å². The van der Waals surface area contributed by atoms with Crippen molar-refractivity contribution in [3.63, 3.8) is 0 Å². The first-order chi connectivity index (χ1) is 9.56. The summed E-state index contributed by atoms with van der Waals surface area (Å²) in [6, 6.07) is 12.5. The predicted octanol–water partition coefficient (Wildman–Crippen LogP) is 5.06. The summed E-state index contributed by atoms with van der Waals surface area (Å²) in [5, 5.41) is -0.201. The Morgan fingerprint density at radius 2 is 1.75 bits per heavy atom. The normalized spacial score (nSPS) is 12.4. The zero-order chi connectivity index (χ0) is 14.5. The fourth-order valence-corrected chi connectivity index (χ4v) is 2.40. The molecule has 0 heterocycles. The maximum absolute atomic E-state index is 13.5. The minimum Gasteiger partial charge on any atom is -0.204 e. The number of halogens is 3. The molecule has 0 spiro atoms. The van der Waals surface area contributed by atoms with Crippen LogP contribution in [0, 0.1) is 18.6 Å². The standard InChI is InChI=1S/C17H17ClF2/c1-12-5-7-13(8-6-12)9-10-15(18)11-14-3-2-4-16(19)17(14)20/h2-8,15H,9-11H2,1H3. The summed E-state index contributed by atoms with van der Waals surface area (Å²) in [6.45, 7) is 2.04. The maximum atomic E-state index is 13.5. The van der Waals surface area contributed by atoms with E-state index in [0.717, 1.165) is 18.9 Å². The highest BCUT2D eigenvalue weighted by Crippen LogP contribution is 2.18. The van der Waals surface area contributed by atoms with Crippen LogP contribution in [-0.4, -0.2) is 5.38 Å². The molecule has 2 aromatic rings. The lowest BCUT2D eigenvalue weighted by atomic mass is 10.0. The lowest BCUT2D eigenvalue weighted by Crippen LogP contribution is -2.07. The van der Waals surface area contributed by atoms with Crippen LogP contribution in [0.3, 0.4) is 0 Å². The lowest BCUT2D eigenvalue weighted by molar-refractivity contribution is 0.496. The zero-order valence-corrected chi connectivity index (χ0v) is 12.1. The summed E-state index contributed by atoms with van der Waals surface area (Å²) in [5.74, 6) is -1.60. The molecular weight excluding hydrogens is 278 g/mol. The average molecular weight is 295 g/mol. The van der Waals surface area contributed by atoms with Crippen molar-refractivity contribution in [2.45, 2.75) is 31.6 Å². The van der Waals surface area contributed by atoms with Crippen LogP contribution in [0.15, 0.2) is 42.5 Å². The first-order valence-electron chi connectivity index (χ1n) is 6.69. The minimum atomic E-state index is -0.815. The van der Waals surface area contributed by atoms with E-state index in [1.807, 2.05) is 6.92 Å². The van der Waals surface area contributed by atoms with Gasteiger partial charge in [-0.1, -0.05) is 42.0 Å². The average Bonchev–Trinajstić information content (AvgIpc) is 2.43. The van der Waals surface area contributed by atoms with Crippen molar-refractivity contribution in [1.82, 2.24) is 0 Å². The number of benzene rings is 2. The molecule has 0 nitrogen and oxygen atoms in total. The van der Waals surface area contributed by atoms with E-state index < -0.39 is 11.6 Å². The molecule has 0 aliphatic heterocycles. The fraction of sp³-hybridized carbons (Fsp3) is 0.294. The summed E-state index contributed by atoms with van der Waals surface area (Å²) >= 11 is 6.23. The zero-order valence-electron chi connectivity index (χ0n) is 11.4. The molecule has 2 aromatic carbocycles. The van der Waals surface area contributed by atoms with Crippen molar-refractivity contribution >= 4 is 11.6 Å². The molecule has 20 heavy (non-hydrogen) atoms. The molecule has 0 fully saturated rings. The highest BCUT2D eigenvalue weighted by molar-refractivity contribution is 6.20. The molecule has 0 saturated heterocycles. The molecule has 0 saturated carbocycles. The molecule has 0 aliphatic carbocycles. The Hall–Kier alpha value is -1.41. The van der Waals surface area contributed by atoms with E-state index in [4.69, 9.17) is 11.6 Å². The quantitative estimate of drug-likeness (QED) is 0.677. The van der Waals surface area contributed by atoms with E-state index in [1.165, 1.54) is 17.2 Å². The van der Waals surface area contributed by atoms with Crippen LogP contribution < -0.4 is 0 Å². The van der Waals surface area contributed by atoms with Crippen LogP contribution in [0.2, 0.25) is 0 Å². The van der Waals surface area contributed by atoms with E-state index in [9.17, 15) is 8.78 Å². The second-order valence-electron chi connectivity index (χ2n) is 5.04. The number of alkyl halides is 1. The van der Waals surface area contributed by atoms with Gasteiger partial charge in [0.2, 0.25) is 0 Å². The number of hydrogen-bond acceptors (Lipinski definition) is 0. The van der Waals surface area contributed by atoms with Gasteiger partial charge in [0.15, 0.2) is 11.6 Å². The van der Waals surface area contributed by atoms with Gasteiger partial charge in [-0.3, -0.25) is 0 Å². The van der Waals surface area contributed by atoms with Crippen molar-refractivity contribution in [3.05, 3.63) is 70.8 Å². The van der Waals surface area contributed by atoms with E-state index in [0.29, 0.717) is 12.0 Å². The smallest absolute Gasteiger partial charge is 0.162 e. The molecule has 0 amide bonds. The molecule has 0 aliphatic rings. The Labute approximate surface area is 123 Å². The summed E-state index contributed by atoms with van der Waals surface area (Å²) in [6.07, 6.45) is 1.92. The van der Waals surface area contributed by atoms with Crippen LogP contribution in [0.25, 0.3) is 0 Å². The first-order valence-corrected chi connectivity index (χ1v) is 7.12. The Bertz CT molecular complexity index is 564. The summed E-state index contributed by atoms with van der Waals surface area (Å²) in [4.78, 5) is 0. The van der Waals surface area contributed by atoms with E-state index in [-0.39, 0.29) is 5.38 Å². The van der Waals surface area contributed by atoms with Crippen LogP contribution in [0.5, 0.6) is 0 Å². The van der Waals surface area contributed by atoms with Crippen LogP contribution >= 0.6 is 11.6 Å². The van der Waals surface area contributed by atoms with Gasteiger partial charge in [-0.15, -0.1) is 11.6 Å². The predicted molar refractivity (Wildman–Crippen MR) is 79.2 cm³/mol. The third kappa shape index (κ3) is 4.04. The molecule has 0 radical (unpaired) electrons. The maximum Gasteiger partial charge on any atom is 0.162 e. The van der Waals surface area contributed by atoms with Gasteiger partial charge in [-0.05, 0) is 43.4 Å².